The molecule has 168 valence electrons. The Kier molecular flexibility index (Phi) is 7.24. The molecule has 0 N–H and O–H groups in total. The number of hydrogen-bond donors (Lipinski definition) is 0. The van der Waals surface area contributed by atoms with Crippen LogP contribution in [0.5, 0.6) is 5.75 Å². The van der Waals surface area contributed by atoms with Crippen molar-refractivity contribution >= 4 is 0 Å². The van der Waals surface area contributed by atoms with Crippen LogP contribution in [0.1, 0.15) is 69.8 Å². The van der Waals surface area contributed by atoms with E-state index in [0.717, 1.165) is 23.3 Å². The van der Waals surface area contributed by atoms with Crippen LogP contribution in [-0.2, 0) is 0 Å². The third-order valence-corrected chi connectivity index (χ3v) is 7.54. The summed E-state index contributed by atoms with van der Waals surface area (Å²) in [6, 6.07) is 10.6. The Labute approximate surface area is 184 Å². The molecule has 4 rings (SSSR count). The lowest BCUT2D eigenvalue weighted by Gasteiger charge is -2.37. The lowest BCUT2D eigenvalue weighted by molar-refractivity contribution is 0.165. The molecule has 2 fully saturated rings. The topological polar surface area (TPSA) is 9.23 Å². The molecule has 0 bridgehead atoms. The van der Waals surface area contributed by atoms with E-state index in [1.54, 1.807) is 0 Å². The van der Waals surface area contributed by atoms with Crippen LogP contribution < -0.4 is 4.74 Å². The molecule has 0 radical (unpaired) electrons. The van der Waals surface area contributed by atoms with E-state index in [4.69, 9.17) is 4.74 Å². The van der Waals surface area contributed by atoms with Crippen molar-refractivity contribution in [2.75, 3.05) is 13.3 Å². The van der Waals surface area contributed by atoms with Crippen LogP contribution in [0.2, 0.25) is 0 Å². The van der Waals surface area contributed by atoms with E-state index in [9.17, 15) is 13.2 Å². The Bertz CT molecular complexity index is 824. The molecular formula is C27H33F3O. The predicted octanol–water partition coefficient (Wildman–Crippen LogP) is 8.08. The van der Waals surface area contributed by atoms with E-state index in [1.807, 2.05) is 12.1 Å². The highest BCUT2D eigenvalue weighted by Gasteiger charge is 2.30. The van der Waals surface area contributed by atoms with Gasteiger partial charge in [-0.15, -0.1) is 0 Å². The maximum absolute atomic E-state index is 14.2. The molecule has 0 amide bonds. The van der Waals surface area contributed by atoms with Gasteiger partial charge in [-0.2, -0.15) is 0 Å². The van der Waals surface area contributed by atoms with Crippen LogP contribution in [0.3, 0.4) is 0 Å². The van der Waals surface area contributed by atoms with E-state index in [-0.39, 0.29) is 6.61 Å². The minimum Gasteiger partial charge on any atom is -0.485 e. The van der Waals surface area contributed by atoms with Gasteiger partial charge in [0, 0.05) is 0 Å². The van der Waals surface area contributed by atoms with E-state index < -0.39 is 24.1 Å². The van der Waals surface area contributed by atoms with Crippen molar-refractivity contribution in [3.63, 3.8) is 0 Å². The second-order valence-corrected chi connectivity index (χ2v) is 9.56. The van der Waals surface area contributed by atoms with Crippen LogP contribution in [0.15, 0.2) is 36.4 Å². The summed E-state index contributed by atoms with van der Waals surface area (Å²) < 4.78 is 45.5. The van der Waals surface area contributed by atoms with E-state index >= 15 is 0 Å². The highest BCUT2D eigenvalue weighted by molar-refractivity contribution is 5.65. The molecule has 2 aliphatic carbocycles. The van der Waals surface area contributed by atoms with Crippen molar-refractivity contribution in [3.8, 4) is 16.9 Å². The fraction of sp³-hybridized carbons (Fsp3) is 0.556. The quantitative estimate of drug-likeness (QED) is 0.450. The maximum atomic E-state index is 14.2. The van der Waals surface area contributed by atoms with Gasteiger partial charge in [-0.3, -0.25) is 0 Å². The summed E-state index contributed by atoms with van der Waals surface area (Å²) in [5.41, 5.74) is 2.55. The number of ether oxygens (including phenoxy) is 1. The molecule has 2 aromatic rings. The first-order valence-electron chi connectivity index (χ1n) is 11.8. The fourth-order valence-corrected chi connectivity index (χ4v) is 5.63. The number of alkyl halides is 1. The minimum absolute atomic E-state index is 0.357. The molecule has 0 aliphatic heterocycles. The van der Waals surface area contributed by atoms with Gasteiger partial charge in [-0.05, 0) is 91.0 Å². The van der Waals surface area contributed by atoms with Gasteiger partial charge in [-0.1, -0.05) is 44.0 Å². The lowest BCUT2D eigenvalue weighted by atomic mass is 9.68. The van der Waals surface area contributed by atoms with Crippen LogP contribution in [0.4, 0.5) is 13.2 Å². The highest BCUT2D eigenvalue weighted by atomic mass is 19.1. The van der Waals surface area contributed by atoms with Crippen molar-refractivity contribution in [2.24, 2.45) is 17.8 Å². The number of halogens is 3. The molecule has 2 saturated carbocycles. The molecular weight excluding hydrogens is 397 g/mol. The molecule has 0 heterocycles. The summed E-state index contributed by atoms with van der Waals surface area (Å²) in [4.78, 5) is 0. The first-order valence-corrected chi connectivity index (χ1v) is 11.8. The summed E-state index contributed by atoms with van der Waals surface area (Å²) in [6.07, 6.45) is 10.7. The fourth-order valence-electron chi connectivity index (χ4n) is 5.63. The molecule has 4 heteroatoms. The van der Waals surface area contributed by atoms with E-state index in [2.05, 4.69) is 19.1 Å². The van der Waals surface area contributed by atoms with Gasteiger partial charge >= 0.3 is 0 Å². The molecule has 0 aromatic heterocycles. The van der Waals surface area contributed by atoms with E-state index in [0.29, 0.717) is 11.5 Å². The lowest BCUT2D eigenvalue weighted by Crippen LogP contribution is -2.24. The number of benzene rings is 2. The average Bonchev–Trinajstić information content (AvgIpc) is 2.79. The normalized spacial score (nSPS) is 26.6. The predicted molar refractivity (Wildman–Crippen MR) is 119 cm³/mol. The standard InChI is InChI=1S/C27H33F3O/c1-18-2-4-19(5-3-18)20-6-8-21(9-7-20)22-10-12-23(13-11-22)24-16-25(29)27(26(30)17-24)31-15-14-28/h10-13,16-21H,2-9,14-15H2,1H3. The summed E-state index contributed by atoms with van der Waals surface area (Å²) in [5.74, 6) is 1.20. The molecule has 2 aliphatic rings. The molecule has 31 heavy (non-hydrogen) atoms. The van der Waals surface area contributed by atoms with Crippen molar-refractivity contribution in [1.29, 1.82) is 0 Å². The Morgan fingerprint density at radius 3 is 1.87 bits per heavy atom. The van der Waals surface area contributed by atoms with Crippen LogP contribution >= 0.6 is 0 Å². The minimum atomic E-state index is -0.803. The Balaban J connectivity index is 1.38. The average molecular weight is 431 g/mol. The number of hydrogen-bond acceptors (Lipinski definition) is 1. The van der Waals surface area contributed by atoms with Crippen molar-refractivity contribution < 1.29 is 17.9 Å². The third kappa shape index (κ3) is 5.27. The highest BCUT2D eigenvalue weighted by Crippen LogP contribution is 2.44. The summed E-state index contributed by atoms with van der Waals surface area (Å²) in [5, 5.41) is 0. The second-order valence-electron chi connectivity index (χ2n) is 9.56. The molecule has 2 aromatic carbocycles. The Morgan fingerprint density at radius 1 is 0.774 bits per heavy atom. The van der Waals surface area contributed by atoms with Crippen molar-refractivity contribution in [2.45, 2.75) is 64.2 Å². The molecule has 0 atom stereocenters. The SMILES string of the molecule is CC1CCC(C2CCC(c3ccc(-c4cc(F)c(OCCF)c(F)c4)cc3)CC2)CC1. The zero-order valence-electron chi connectivity index (χ0n) is 18.4. The zero-order chi connectivity index (χ0) is 21.8. The van der Waals surface area contributed by atoms with Gasteiger partial charge in [0.15, 0.2) is 17.4 Å². The summed E-state index contributed by atoms with van der Waals surface area (Å²) in [6.45, 7) is 1.24. The number of rotatable bonds is 6. The van der Waals surface area contributed by atoms with Crippen molar-refractivity contribution in [1.82, 2.24) is 0 Å². The van der Waals surface area contributed by atoms with Gasteiger partial charge in [0.2, 0.25) is 0 Å². The van der Waals surface area contributed by atoms with Gasteiger partial charge in [-0.25, -0.2) is 13.2 Å². The van der Waals surface area contributed by atoms with Crippen molar-refractivity contribution in [3.05, 3.63) is 53.6 Å². The largest absolute Gasteiger partial charge is 0.485 e. The smallest absolute Gasteiger partial charge is 0.190 e. The Hall–Kier alpha value is -1.97. The van der Waals surface area contributed by atoms with Crippen LogP contribution in [-0.4, -0.2) is 13.3 Å². The van der Waals surface area contributed by atoms with Crippen LogP contribution in [0.25, 0.3) is 11.1 Å². The second kappa shape index (κ2) is 10.1. The maximum Gasteiger partial charge on any atom is 0.190 e. The summed E-state index contributed by atoms with van der Waals surface area (Å²) >= 11 is 0. The monoisotopic (exact) mass is 430 g/mol. The first kappa shape index (κ1) is 22.2. The van der Waals surface area contributed by atoms with Gasteiger partial charge < -0.3 is 4.74 Å². The van der Waals surface area contributed by atoms with Gasteiger partial charge in [0.25, 0.3) is 0 Å². The Morgan fingerprint density at radius 2 is 1.32 bits per heavy atom. The van der Waals surface area contributed by atoms with Gasteiger partial charge in [0.05, 0.1) is 0 Å². The summed E-state index contributed by atoms with van der Waals surface area (Å²) in [7, 11) is 0. The van der Waals surface area contributed by atoms with E-state index in [1.165, 1.54) is 69.1 Å². The third-order valence-electron chi connectivity index (χ3n) is 7.54. The zero-order valence-corrected chi connectivity index (χ0v) is 18.4. The van der Waals surface area contributed by atoms with Gasteiger partial charge in [0.1, 0.15) is 13.3 Å². The van der Waals surface area contributed by atoms with Crippen LogP contribution in [0, 0.1) is 29.4 Å². The molecule has 1 nitrogen and oxygen atoms in total. The molecule has 0 saturated heterocycles. The molecule has 0 spiro atoms. The first-order chi connectivity index (χ1) is 15.0. The molecule has 0 unspecified atom stereocenters.